The molecule has 0 spiro atoms. The number of rotatable bonds is 16. The first-order valence-electron chi connectivity index (χ1n) is 78.7. The van der Waals surface area contributed by atoms with Crippen LogP contribution in [-0.2, 0) is 49.9 Å². The molecule has 0 bridgehead atoms. The Morgan fingerprint density at radius 2 is 0.625 bits per heavy atom. The highest BCUT2D eigenvalue weighted by atomic mass is 16.4. The Morgan fingerprint density at radius 3 is 0.972 bits per heavy atom. The molecule has 144 heavy (non-hydrogen) atoms. The van der Waals surface area contributed by atoms with Crippen LogP contribution < -0.4 is 18.3 Å². The van der Waals surface area contributed by atoms with E-state index >= 15 is 0 Å². The van der Waals surface area contributed by atoms with Crippen LogP contribution in [0.2, 0.25) is 0 Å². The fourth-order valence-electron chi connectivity index (χ4n) is 21.4. The predicted molar refractivity (Wildman–Crippen MR) is 593 cm³/mol. The highest BCUT2D eigenvalue weighted by molar-refractivity contribution is 6.15. The van der Waals surface area contributed by atoms with Crippen molar-refractivity contribution in [3.8, 4) is 89.5 Å². The molecular weight excluding hydrogens is 1760 g/mol. The van der Waals surface area contributed by atoms with Gasteiger partial charge in [0.05, 0.1) is 45.0 Å². The van der Waals surface area contributed by atoms with E-state index in [4.69, 9.17) is 113 Å². The Morgan fingerprint density at radius 1 is 0.312 bits per heavy atom. The summed E-state index contributed by atoms with van der Waals surface area (Å²) in [5.41, 5.74) is -5.23. The molecule has 24 rings (SSSR count). The maximum atomic E-state index is 9.65. The van der Waals surface area contributed by atoms with Crippen LogP contribution in [-0.4, -0.2) is 19.9 Å². The van der Waals surface area contributed by atoms with Crippen molar-refractivity contribution in [3.05, 3.63) is 333 Å². The van der Waals surface area contributed by atoms with Gasteiger partial charge in [-0.15, -0.1) is 0 Å². The molecular formula is C132H140N8O4+4. The number of hydrogen-bond acceptors (Lipinski definition) is 8. The van der Waals surface area contributed by atoms with Crippen LogP contribution in [0.1, 0.15) is 365 Å². The highest BCUT2D eigenvalue weighted by Crippen LogP contribution is 2.61. The average molecular weight is 1970 g/mol. The summed E-state index contributed by atoms with van der Waals surface area (Å²) in [6, 6.07) is 55.4. The quantitative estimate of drug-likeness (QED) is 0.0878. The van der Waals surface area contributed by atoms with Crippen LogP contribution >= 0.6 is 0 Å². The molecule has 0 amide bonds. The van der Waals surface area contributed by atoms with Crippen molar-refractivity contribution in [2.24, 2.45) is 51.8 Å². The second-order valence-corrected chi connectivity index (χ2v) is 37.2. The summed E-state index contributed by atoms with van der Waals surface area (Å²) >= 11 is 0. The Kier molecular flexibility index (Phi) is 11.8. The van der Waals surface area contributed by atoms with Crippen molar-refractivity contribution in [2.75, 3.05) is 0 Å². The van der Waals surface area contributed by atoms with Gasteiger partial charge in [0.25, 0.3) is 0 Å². The van der Waals surface area contributed by atoms with Gasteiger partial charge < -0.3 is 17.7 Å². The number of aromatic nitrogens is 8. The first kappa shape index (κ1) is 46.9. The minimum atomic E-state index is -3.70. The summed E-state index contributed by atoms with van der Waals surface area (Å²) in [5, 5.41) is 3.51. The van der Waals surface area contributed by atoms with E-state index in [1.54, 1.807) is 183 Å². The number of fused-ring (bicyclic) bond motifs is 24. The Labute approximate surface area is 941 Å². The molecule has 728 valence electrons. The van der Waals surface area contributed by atoms with Gasteiger partial charge in [-0.2, -0.15) is 0 Å². The normalized spacial score (nSPS) is 26.3. The smallest absolute Gasteiger partial charge is 0.227 e. The number of hydrogen-bond donors (Lipinski definition) is 0. The lowest BCUT2D eigenvalue weighted by Gasteiger charge is -2.39. The summed E-state index contributed by atoms with van der Waals surface area (Å²) in [5.74, 6) is -24.9. The molecule has 0 aliphatic heterocycles. The lowest BCUT2D eigenvalue weighted by atomic mass is 9.64. The van der Waals surface area contributed by atoms with Gasteiger partial charge in [-0.3, -0.25) is 0 Å². The van der Waals surface area contributed by atoms with Crippen molar-refractivity contribution in [3.63, 3.8) is 0 Å². The monoisotopic (exact) mass is 1970 g/mol. The molecule has 0 N–H and O–H groups in total. The van der Waals surface area contributed by atoms with Crippen LogP contribution in [0.4, 0.5) is 0 Å². The van der Waals surface area contributed by atoms with Crippen molar-refractivity contribution in [1.29, 1.82) is 0 Å². The predicted octanol–water partition coefficient (Wildman–Crippen LogP) is 32.9. The molecule has 5 atom stereocenters. The number of aryl methyl sites for hydroxylation is 8. The first-order chi connectivity index (χ1) is 94.7. The lowest BCUT2D eigenvalue weighted by Crippen LogP contribution is -2.38. The lowest BCUT2D eigenvalue weighted by molar-refractivity contribution is -0.660. The number of benzene rings is 8. The first-order valence-corrected chi connectivity index (χ1v) is 46.2. The Balaban J connectivity index is 0.000000153. The van der Waals surface area contributed by atoms with Crippen molar-refractivity contribution >= 4 is 88.3 Å². The minimum absolute atomic E-state index is 0.00455. The van der Waals surface area contributed by atoms with E-state index in [2.05, 4.69) is 4.98 Å². The highest BCUT2D eigenvalue weighted by Gasteiger charge is 2.51. The van der Waals surface area contributed by atoms with Crippen LogP contribution in [0.15, 0.2) is 261 Å². The summed E-state index contributed by atoms with van der Waals surface area (Å²) in [6.07, 6.45) is -5.21. The maximum Gasteiger partial charge on any atom is 0.227 e. The van der Waals surface area contributed by atoms with Crippen molar-refractivity contribution < 1.29 is 125 Å². The van der Waals surface area contributed by atoms with E-state index in [1.165, 1.54) is 134 Å². The topological polar surface area (TPSA) is 120 Å². The van der Waals surface area contributed by atoms with Crippen LogP contribution in [0.5, 0.6) is 0 Å². The van der Waals surface area contributed by atoms with E-state index in [0.29, 0.717) is 127 Å². The second kappa shape index (κ2) is 36.2. The Bertz CT molecular complexity index is 11500. The van der Waals surface area contributed by atoms with Gasteiger partial charge in [0.2, 0.25) is 45.6 Å². The molecule has 0 saturated carbocycles. The Hall–Kier alpha value is -13.8. The molecule has 20 aromatic rings. The zero-order valence-electron chi connectivity index (χ0n) is 145. The number of pyridine rings is 8. The maximum absolute atomic E-state index is 9.65. The third-order valence-corrected chi connectivity index (χ3v) is 28.3. The molecule has 8 aromatic carbocycles. The second-order valence-electron chi connectivity index (χ2n) is 37.2. The summed E-state index contributed by atoms with van der Waals surface area (Å²) in [6.45, 7) is -46.0. The molecule has 0 radical (unpaired) electrons. The van der Waals surface area contributed by atoms with Crippen molar-refractivity contribution in [1.82, 2.24) is 19.9 Å². The molecule has 12 heterocycles. The number of nitrogens with zero attached hydrogens (tertiary/aromatic N) is 8. The van der Waals surface area contributed by atoms with Crippen LogP contribution in [0, 0.1) is 51.3 Å². The summed E-state index contributed by atoms with van der Waals surface area (Å²) in [4.78, 5) is 18.8. The van der Waals surface area contributed by atoms with Gasteiger partial charge in [-0.1, -0.05) is 283 Å². The third-order valence-electron chi connectivity index (χ3n) is 28.3. The zero-order chi connectivity index (χ0) is 157. The van der Waals surface area contributed by atoms with Crippen LogP contribution in [0.25, 0.3) is 178 Å². The molecule has 0 saturated heterocycles. The van der Waals surface area contributed by atoms with E-state index < -0.39 is 222 Å². The van der Waals surface area contributed by atoms with E-state index in [-0.39, 0.29) is 129 Å². The van der Waals surface area contributed by atoms with E-state index in [0.717, 1.165) is 20.8 Å². The SMILES string of the molecule is [2H]C([2H])([2H])C([2H])(C)C([2H])([2H])C1(C([2H])([2H])C([2H])(C)C([2H])([2H])[2H])c2ccccc2-c2cc3c(nc21)oc1c(-c2cc(C([2H])(C([2H])([2H])[2H])C([2H])([2H])[2H])cc[n+]2C)c(C)ccc13.[2H]C([2H])([2H])C([2H])(C)C1(C([2H])(C([2H])([2H])[2H])C([2H])([2H])[2H])c2ccccc2-c2cc3c(nc21)oc1c(-c2cc(C([2H])(C([2H])([2H])[2H])C([2H])([2H])[2H])cc[n+]2C)c(C)ccc13.[2H]C([2H])([2H])C([2H])(c1cc[n+](C)c(-c2c(C)ccc3c2oc2nc4c(cc23)-c2ccccc2C4(C([2H])([2H])[2H])C([2H])([2H])[2H])c1)C([2H])([2H])[2H].[2H]C([2H])([2H])CC1(C([2H])([2H])C([2H])([2H])[2H])c2ccccc2-c2cc3c(nc21)oc1c(-c2cc(C([2H])(C([2H])([2H])[2H])C([2H])([2H])[2H])cc[n+]2C)c(C)ccc13. The van der Waals surface area contributed by atoms with Gasteiger partial charge in [0.15, 0.2) is 47.1 Å². The summed E-state index contributed by atoms with van der Waals surface area (Å²) < 4.78 is 580. The van der Waals surface area contributed by atoms with E-state index in [1.807, 2.05) is 0 Å². The largest absolute Gasteiger partial charge is 0.437 e. The van der Waals surface area contributed by atoms with Gasteiger partial charge in [-0.25, -0.2) is 38.2 Å². The molecule has 0 fully saturated rings. The fraction of sp³-hybridized carbons (Fsp3) is 0.333. The number of furan rings is 4. The van der Waals surface area contributed by atoms with Gasteiger partial charge in [-0.05, 0) is 214 Å². The van der Waals surface area contributed by atoms with E-state index in [9.17, 15) is 8.22 Å². The standard InChI is InChI=1S/C36H41N2O.C34H37N2O.C32H33N2O.C30H29N2O/c1-21(2)19-36(20-22(3)4)30-12-10-9-11-26(30)28-18-29-27-14-13-24(7)32(33(27)39-35(29)37-34(28)36)31-17-25(23(5)6)15-16-38(31)8;1-19(2)23-15-16-36(8)29(17-23)30-22(7)13-14-25-27-18-26-24-11-9-10-12-28(24)34(20(3)4,21(5)6)32(26)35-33(27)37-31(25)30;1-7-32(8-2)26-12-10-9-11-22(26)24-18-25-23-14-13-20(5)28(29(23)35-31(25)33-30(24)32)27-17-21(19(3)4)15-16-34(27)6;1-17(2)19-13-14-32(6)25(15-19)26-18(3)11-12-21-23-16-22-20-9-7-8-10-24(20)30(4,5)28(22)31-29(23)33-27(21)26/h9-18,21-23H,19-20H2,1-8H3;9-21H,1-8H3;9-19H,7-8H2,1-6H3;7-17H,1-6H3/q4*+1/i1D3,3D3,5D3,6D3,19D2,20D2,21D,22D,23D;1D3,2D3,3D3,4D3,5D3,19D,20D,21D;1D3,2D3,3D3,4D3,7D2,19D;1D3,2D3,4D3,5D3,17D. The van der Waals surface area contributed by atoms with Crippen LogP contribution in [0.3, 0.4) is 0 Å². The third kappa shape index (κ3) is 15.1. The summed E-state index contributed by atoms with van der Waals surface area (Å²) in [7, 11) is 6.58. The molecule has 12 aromatic heterocycles. The van der Waals surface area contributed by atoms with Crippen molar-refractivity contribution in [2.45, 2.75) is 236 Å². The molecule has 12 heteroatoms. The molecule has 4 aliphatic carbocycles. The average Bonchev–Trinajstić information content (AvgIpc) is 1.49. The molecule has 12 nitrogen and oxygen atoms in total. The minimum Gasteiger partial charge on any atom is -0.437 e. The zero-order valence-corrected chi connectivity index (χ0v) is 80.0. The fourth-order valence-corrected chi connectivity index (χ4v) is 21.4. The van der Waals surface area contributed by atoms with Gasteiger partial charge in [0.1, 0.15) is 28.2 Å². The molecule has 5 unspecified atom stereocenters. The molecule has 4 aliphatic rings. The van der Waals surface area contributed by atoms with Gasteiger partial charge in [0, 0.05) is 225 Å². The van der Waals surface area contributed by atoms with Gasteiger partial charge >= 0.3 is 0 Å².